The summed E-state index contributed by atoms with van der Waals surface area (Å²) in [4.78, 5) is 34.1. The predicted molar refractivity (Wildman–Crippen MR) is 133 cm³/mol. The van der Waals surface area contributed by atoms with Gasteiger partial charge in [0.2, 0.25) is 0 Å². The lowest BCUT2D eigenvalue weighted by Gasteiger charge is -2.37. The number of aryl methyl sites for hydroxylation is 1. The zero-order valence-electron chi connectivity index (χ0n) is 19.1. The molecule has 1 saturated carbocycles. The van der Waals surface area contributed by atoms with Crippen LogP contribution in [0.1, 0.15) is 52.1 Å². The Kier molecular flexibility index (Phi) is 5.53. The Balaban J connectivity index is 1.28. The van der Waals surface area contributed by atoms with Gasteiger partial charge in [0.25, 0.3) is 11.6 Å². The maximum atomic E-state index is 13.5. The molecule has 1 aliphatic carbocycles. The Morgan fingerprint density at radius 3 is 2.69 bits per heavy atom. The zero-order valence-corrected chi connectivity index (χ0v) is 20.0. The van der Waals surface area contributed by atoms with Crippen molar-refractivity contribution in [3.63, 3.8) is 0 Å². The number of hydrogen-bond acceptors (Lipinski definition) is 7. The number of para-hydroxylation sites is 1. The molecule has 0 saturated heterocycles. The van der Waals surface area contributed by atoms with E-state index in [2.05, 4.69) is 10.1 Å². The molecule has 0 spiro atoms. The van der Waals surface area contributed by atoms with E-state index in [1.807, 2.05) is 54.6 Å². The van der Waals surface area contributed by atoms with Crippen LogP contribution in [0.3, 0.4) is 0 Å². The lowest BCUT2D eigenvalue weighted by Crippen LogP contribution is -2.41. The lowest BCUT2D eigenvalue weighted by atomic mass is 10.1. The number of carbonyl (C=O) groups is 2. The van der Waals surface area contributed by atoms with Gasteiger partial charge in [0.05, 0.1) is 28.4 Å². The van der Waals surface area contributed by atoms with E-state index < -0.39 is 5.97 Å². The minimum Gasteiger partial charge on any atom is -0.452 e. The largest absolute Gasteiger partial charge is 0.452 e. The molecule has 7 nitrogen and oxygen atoms in total. The van der Waals surface area contributed by atoms with Gasteiger partial charge in [0.1, 0.15) is 0 Å². The molecule has 2 aromatic heterocycles. The third kappa shape index (κ3) is 4.08. The van der Waals surface area contributed by atoms with Crippen LogP contribution in [0.25, 0.3) is 11.1 Å². The molecule has 6 rings (SSSR count). The maximum Gasteiger partial charge on any atom is 0.339 e. The Bertz CT molecular complexity index is 1430. The van der Waals surface area contributed by atoms with Crippen molar-refractivity contribution < 1.29 is 18.8 Å². The minimum atomic E-state index is -0.574. The van der Waals surface area contributed by atoms with Crippen LogP contribution in [-0.4, -0.2) is 34.4 Å². The van der Waals surface area contributed by atoms with E-state index in [-0.39, 0.29) is 18.6 Å². The molecule has 4 aromatic rings. The summed E-state index contributed by atoms with van der Waals surface area (Å²) in [7, 11) is 0. The maximum absolute atomic E-state index is 13.5. The standard InChI is InChI=1S/C27H23N3O4S/c1-16-25-19(13-20(17-11-12-17)28-26(25)34-29-16)27(32)33-14-24(31)30-21-9-5-6-10-23(21)35-15-22(30)18-7-3-2-4-8-18/h2-10,13,17,22H,11-12,14-15H2,1H3. The van der Waals surface area contributed by atoms with Gasteiger partial charge in [-0.25, -0.2) is 9.78 Å². The van der Waals surface area contributed by atoms with Crippen molar-refractivity contribution >= 4 is 40.4 Å². The second-order valence-electron chi connectivity index (χ2n) is 8.86. The number of benzene rings is 2. The third-order valence-electron chi connectivity index (χ3n) is 6.47. The number of nitrogens with zero attached hydrogens (tertiary/aromatic N) is 3. The van der Waals surface area contributed by atoms with E-state index in [0.717, 1.165) is 40.4 Å². The summed E-state index contributed by atoms with van der Waals surface area (Å²) in [5, 5.41) is 4.51. The fourth-order valence-electron chi connectivity index (χ4n) is 4.56. The first-order chi connectivity index (χ1) is 17.1. The van der Waals surface area contributed by atoms with Gasteiger partial charge >= 0.3 is 5.97 Å². The Morgan fingerprint density at radius 1 is 1.11 bits per heavy atom. The molecule has 2 aromatic carbocycles. The lowest BCUT2D eigenvalue weighted by molar-refractivity contribution is -0.122. The molecule has 2 aliphatic rings. The molecule has 1 fully saturated rings. The van der Waals surface area contributed by atoms with Crippen LogP contribution in [0, 0.1) is 6.92 Å². The van der Waals surface area contributed by atoms with Gasteiger partial charge in [-0.05, 0) is 43.5 Å². The van der Waals surface area contributed by atoms with Gasteiger partial charge < -0.3 is 9.26 Å². The topological polar surface area (TPSA) is 85.5 Å². The molecule has 1 unspecified atom stereocenters. The van der Waals surface area contributed by atoms with Crippen molar-refractivity contribution in [2.45, 2.75) is 36.6 Å². The molecular formula is C27H23N3O4S. The van der Waals surface area contributed by atoms with E-state index >= 15 is 0 Å². The monoisotopic (exact) mass is 485 g/mol. The van der Waals surface area contributed by atoms with E-state index in [0.29, 0.717) is 28.3 Å². The molecule has 8 heteroatoms. The Hall–Kier alpha value is -3.65. The first-order valence-electron chi connectivity index (χ1n) is 11.6. The average Bonchev–Trinajstić information content (AvgIpc) is 3.69. The summed E-state index contributed by atoms with van der Waals surface area (Å²) >= 11 is 1.72. The summed E-state index contributed by atoms with van der Waals surface area (Å²) in [6, 6.07) is 19.4. The molecular weight excluding hydrogens is 462 g/mol. The SMILES string of the molecule is Cc1noc2nc(C3CC3)cc(C(=O)OCC(=O)N3c4ccccc4SCC3c3ccccc3)c12. The van der Waals surface area contributed by atoms with E-state index in [4.69, 9.17) is 9.26 Å². The van der Waals surface area contributed by atoms with Crippen LogP contribution in [0.4, 0.5) is 5.69 Å². The Morgan fingerprint density at radius 2 is 1.89 bits per heavy atom. The molecule has 35 heavy (non-hydrogen) atoms. The van der Waals surface area contributed by atoms with E-state index in [1.165, 1.54) is 0 Å². The van der Waals surface area contributed by atoms with Crippen molar-refractivity contribution in [2.24, 2.45) is 0 Å². The molecule has 1 amide bonds. The molecule has 176 valence electrons. The van der Waals surface area contributed by atoms with Gasteiger partial charge in [-0.2, -0.15) is 0 Å². The van der Waals surface area contributed by atoms with Gasteiger partial charge in [0, 0.05) is 22.3 Å². The normalized spacial score (nSPS) is 17.3. The van der Waals surface area contributed by atoms with Crippen LogP contribution in [0.5, 0.6) is 0 Å². The molecule has 1 atom stereocenters. The van der Waals surface area contributed by atoms with E-state index in [9.17, 15) is 9.59 Å². The number of thioether (sulfide) groups is 1. The number of aromatic nitrogens is 2. The van der Waals surface area contributed by atoms with Crippen LogP contribution in [0.2, 0.25) is 0 Å². The van der Waals surface area contributed by atoms with Crippen molar-refractivity contribution in [3.05, 3.63) is 83.2 Å². The number of esters is 1. The van der Waals surface area contributed by atoms with Gasteiger partial charge in [0.15, 0.2) is 6.61 Å². The second kappa shape index (κ2) is 8.85. The summed E-state index contributed by atoms with van der Waals surface area (Å²) in [5.74, 6) is 0.202. The van der Waals surface area contributed by atoms with Crippen LogP contribution < -0.4 is 4.90 Å². The van der Waals surface area contributed by atoms with Crippen molar-refractivity contribution in [3.8, 4) is 0 Å². The summed E-state index contributed by atoms with van der Waals surface area (Å²) < 4.78 is 10.9. The smallest absolute Gasteiger partial charge is 0.339 e. The first kappa shape index (κ1) is 21.9. The van der Waals surface area contributed by atoms with Crippen molar-refractivity contribution in [1.29, 1.82) is 0 Å². The number of amides is 1. The quantitative estimate of drug-likeness (QED) is 0.348. The molecule has 3 heterocycles. The number of ether oxygens (including phenoxy) is 1. The van der Waals surface area contributed by atoms with Crippen molar-refractivity contribution in [2.75, 3.05) is 17.3 Å². The summed E-state index contributed by atoms with van der Waals surface area (Å²) in [5.41, 5.74) is 3.92. The predicted octanol–water partition coefficient (Wildman–Crippen LogP) is 5.45. The number of carbonyl (C=O) groups excluding carboxylic acids is 2. The number of hydrogen-bond donors (Lipinski definition) is 0. The second-order valence-corrected chi connectivity index (χ2v) is 9.92. The number of fused-ring (bicyclic) bond motifs is 2. The van der Waals surface area contributed by atoms with Gasteiger partial charge in [-0.3, -0.25) is 9.69 Å². The fourth-order valence-corrected chi connectivity index (χ4v) is 5.72. The zero-order chi connectivity index (χ0) is 23.9. The molecule has 1 aliphatic heterocycles. The highest BCUT2D eigenvalue weighted by Gasteiger charge is 2.34. The van der Waals surface area contributed by atoms with Crippen LogP contribution in [0.15, 0.2) is 70.1 Å². The number of rotatable bonds is 5. The van der Waals surface area contributed by atoms with E-state index in [1.54, 1.807) is 29.7 Å². The Labute approximate surface area is 206 Å². The highest BCUT2D eigenvalue weighted by molar-refractivity contribution is 7.99. The molecule has 0 radical (unpaired) electrons. The van der Waals surface area contributed by atoms with Gasteiger partial charge in [-0.1, -0.05) is 47.6 Å². The molecule has 0 N–H and O–H groups in total. The summed E-state index contributed by atoms with van der Waals surface area (Å²) in [6.45, 7) is 1.40. The van der Waals surface area contributed by atoms with Crippen LogP contribution >= 0.6 is 11.8 Å². The fraction of sp³-hybridized carbons (Fsp3) is 0.259. The average molecular weight is 486 g/mol. The highest BCUT2D eigenvalue weighted by atomic mass is 32.2. The number of pyridine rings is 1. The highest BCUT2D eigenvalue weighted by Crippen LogP contribution is 2.43. The van der Waals surface area contributed by atoms with Gasteiger partial charge in [-0.15, -0.1) is 11.8 Å². The third-order valence-corrected chi connectivity index (χ3v) is 7.60. The minimum absolute atomic E-state index is 0.156. The number of anilines is 1. The molecule has 0 bridgehead atoms. The first-order valence-corrected chi connectivity index (χ1v) is 12.6. The summed E-state index contributed by atoms with van der Waals surface area (Å²) in [6.07, 6.45) is 2.07. The van der Waals surface area contributed by atoms with Crippen molar-refractivity contribution in [1.82, 2.24) is 10.1 Å². The van der Waals surface area contributed by atoms with Crippen LogP contribution in [-0.2, 0) is 9.53 Å².